The number of halogens is 3. The molecule has 252 valence electrons. The Hall–Kier alpha value is -3.03. The second-order valence-electron chi connectivity index (χ2n) is 12.0. The van der Waals surface area contributed by atoms with E-state index < -0.39 is 12.1 Å². The molecule has 45 heavy (non-hydrogen) atoms. The van der Waals surface area contributed by atoms with Crippen LogP contribution in [-0.4, -0.2) is 31.3 Å². The Bertz CT molecular complexity index is 1150. The Morgan fingerprint density at radius 1 is 0.889 bits per heavy atom. The predicted molar refractivity (Wildman–Crippen MR) is 177 cm³/mol. The Balaban J connectivity index is 1.88. The number of ether oxygens (including phenoxy) is 3. The Labute approximate surface area is 269 Å². The highest BCUT2D eigenvalue weighted by Gasteiger charge is 2.32. The molecule has 0 aliphatic heterocycles. The van der Waals surface area contributed by atoms with Crippen molar-refractivity contribution < 1.29 is 32.2 Å². The van der Waals surface area contributed by atoms with Gasteiger partial charge in [0.15, 0.2) is 6.29 Å². The maximum Gasteiger partial charge on any atom is 0.573 e. The van der Waals surface area contributed by atoms with Crippen molar-refractivity contribution in [1.82, 2.24) is 4.98 Å². The zero-order valence-corrected chi connectivity index (χ0v) is 27.9. The van der Waals surface area contributed by atoms with Crippen molar-refractivity contribution in [2.75, 3.05) is 13.7 Å². The molecule has 0 aliphatic carbocycles. The van der Waals surface area contributed by atoms with Crippen LogP contribution in [-0.2, 0) is 11.2 Å². The van der Waals surface area contributed by atoms with Crippen molar-refractivity contribution in [3.63, 3.8) is 0 Å². The number of carbonyl (C=O) groups excluding carboxylic acids is 1. The number of hydrogen-bond donors (Lipinski definition) is 0. The van der Waals surface area contributed by atoms with E-state index in [0.717, 1.165) is 43.6 Å². The van der Waals surface area contributed by atoms with Crippen molar-refractivity contribution in [2.45, 2.75) is 130 Å². The topological polar surface area (TPSA) is 57.7 Å². The van der Waals surface area contributed by atoms with Crippen molar-refractivity contribution in [1.29, 1.82) is 0 Å². The first kappa shape index (κ1) is 38.2. The van der Waals surface area contributed by atoms with E-state index in [1.54, 1.807) is 18.2 Å². The highest BCUT2D eigenvalue weighted by molar-refractivity contribution is 6.14. The third kappa shape index (κ3) is 15.7. The van der Waals surface area contributed by atoms with E-state index in [-0.39, 0.29) is 17.0 Å². The molecule has 0 saturated carbocycles. The minimum atomic E-state index is -4.89. The van der Waals surface area contributed by atoms with Gasteiger partial charge in [0, 0.05) is 22.8 Å². The van der Waals surface area contributed by atoms with Crippen LogP contribution < -0.4 is 14.2 Å². The van der Waals surface area contributed by atoms with E-state index in [0.29, 0.717) is 30.8 Å². The molecule has 0 N–H and O–H groups in total. The lowest BCUT2D eigenvalue weighted by Crippen LogP contribution is -2.18. The van der Waals surface area contributed by atoms with Gasteiger partial charge in [-0.3, -0.25) is 4.79 Å². The number of allylic oxidation sites excluding steroid dienone is 1. The molecule has 0 radical (unpaired) electrons. The van der Waals surface area contributed by atoms with Gasteiger partial charge < -0.3 is 14.2 Å². The number of pyridine rings is 1. The molecule has 0 amide bonds. The summed E-state index contributed by atoms with van der Waals surface area (Å²) in [5.41, 5.74) is 1.22. The highest BCUT2D eigenvalue weighted by Crippen LogP contribution is 2.34. The molecule has 0 saturated heterocycles. The van der Waals surface area contributed by atoms with Crippen LogP contribution in [0.1, 0.15) is 134 Å². The first-order chi connectivity index (χ1) is 21.7. The van der Waals surface area contributed by atoms with Gasteiger partial charge in [0.2, 0.25) is 11.8 Å². The number of alkyl halides is 3. The van der Waals surface area contributed by atoms with Crippen molar-refractivity contribution in [2.24, 2.45) is 5.92 Å². The van der Waals surface area contributed by atoms with Gasteiger partial charge in [0.05, 0.1) is 13.7 Å². The smallest absolute Gasteiger partial charge is 0.480 e. The largest absolute Gasteiger partial charge is 0.573 e. The standard InChI is InChI=1S/C37H54F3NO4/c1-5-7-16-20-30-21-23-33(34(26-30)45-37(38,39)40)32(28-42)27-31-22-24-35(41-36(31)43-4)44-25-18-15-13-11-9-8-10-12-14-17-19-29(3)6-2/h21-24,26-29H,5-20,25H2,1-4H3/b32-27+. The number of rotatable bonds is 24. The molecule has 8 heteroatoms. The monoisotopic (exact) mass is 633 g/mol. The first-order valence-electron chi connectivity index (χ1n) is 16.9. The molecular formula is C37H54F3NO4. The number of methoxy groups -OCH3 is 1. The summed E-state index contributed by atoms with van der Waals surface area (Å²) in [4.78, 5) is 16.5. The quantitative estimate of drug-likeness (QED) is 0.0654. The number of aromatic nitrogens is 1. The summed E-state index contributed by atoms with van der Waals surface area (Å²) in [6.45, 7) is 7.20. The fraction of sp³-hybridized carbons (Fsp3) is 0.622. The fourth-order valence-electron chi connectivity index (χ4n) is 5.27. The van der Waals surface area contributed by atoms with Crippen LogP contribution in [0.4, 0.5) is 13.2 Å². The fourth-order valence-corrected chi connectivity index (χ4v) is 5.27. The summed E-state index contributed by atoms with van der Waals surface area (Å²) in [6, 6.07) is 7.94. The van der Waals surface area contributed by atoms with Crippen LogP contribution in [0.2, 0.25) is 0 Å². The number of aldehydes is 1. The molecule has 2 rings (SSSR count). The second kappa shape index (κ2) is 21.7. The van der Waals surface area contributed by atoms with Gasteiger partial charge in [-0.25, -0.2) is 0 Å². The van der Waals surface area contributed by atoms with Gasteiger partial charge in [-0.15, -0.1) is 13.2 Å². The predicted octanol–water partition coefficient (Wildman–Crippen LogP) is 11.2. The van der Waals surface area contributed by atoms with Crippen LogP contribution in [0, 0.1) is 5.92 Å². The maximum absolute atomic E-state index is 13.2. The van der Waals surface area contributed by atoms with Gasteiger partial charge in [-0.2, -0.15) is 4.98 Å². The van der Waals surface area contributed by atoms with Crippen LogP contribution >= 0.6 is 0 Å². The molecule has 0 aliphatic rings. The van der Waals surface area contributed by atoms with E-state index in [1.165, 1.54) is 89.5 Å². The molecule has 5 nitrogen and oxygen atoms in total. The van der Waals surface area contributed by atoms with Gasteiger partial charge in [-0.1, -0.05) is 116 Å². The summed E-state index contributed by atoms with van der Waals surface area (Å²) in [7, 11) is 1.44. The van der Waals surface area contributed by atoms with E-state index in [2.05, 4.69) is 30.5 Å². The lowest BCUT2D eigenvalue weighted by molar-refractivity contribution is -0.274. The minimum Gasteiger partial charge on any atom is -0.480 e. The molecule has 1 unspecified atom stereocenters. The Kier molecular flexibility index (Phi) is 18.4. The summed E-state index contributed by atoms with van der Waals surface area (Å²) < 4.78 is 55.3. The lowest BCUT2D eigenvalue weighted by Gasteiger charge is -2.15. The Morgan fingerprint density at radius 2 is 1.56 bits per heavy atom. The minimum absolute atomic E-state index is 0.0183. The van der Waals surface area contributed by atoms with Gasteiger partial charge in [0.25, 0.3) is 0 Å². The molecular weight excluding hydrogens is 579 g/mol. The summed E-state index contributed by atoms with van der Waals surface area (Å²) in [6.07, 6.45) is 15.6. The molecule has 0 fully saturated rings. The molecule has 1 atom stereocenters. The zero-order chi connectivity index (χ0) is 32.9. The third-order valence-corrected chi connectivity index (χ3v) is 8.19. The number of hydrogen-bond acceptors (Lipinski definition) is 5. The number of nitrogens with zero attached hydrogens (tertiary/aromatic N) is 1. The van der Waals surface area contributed by atoms with E-state index >= 15 is 0 Å². The van der Waals surface area contributed by atoms with E-state index in [9.17, 15) is 18.0 Å². The highest BCUT2D eigenvalue weighted by atomic mass is 19.4. The molecule has 2 aromatic rings. The molecule has 1 heterocycles. The van der Waals surface area contributed by atoms with Crippen LogP contribution in [0.15, 0.2) is 30.3 Å². The average Bonchev–Trinajstić information content (AvgIpc) is 3.02. The Morgan fingerprint density at radius 3 is 2.16 bits per heavy atom. The third-order valence-electron chi connectivity index (χ3n) is 8.19. The van der Waals surface area contributed by atoms with Crippen molar-refractivity contribution in [3.05, 3.63) is 47.0 Å². The number of carbonyl (C=O) groups is 1. The van der Waals surface area contributed by atoms with Crippen molar-refractivity contribution in [3.8, 4) is 17.5 Å². The lowest BCUT2D eigenvalue weighted by atomic mass is 9.99. The van der Waals surface area contributed by atoms with Crippen LogP contribution in [0.5, 0.6) is 17.5 Å². The molecule has 1 aromatic heterocycles. The van der Waals surface area contributed by atoms with Crippen molar-refractivity contribution >= 4 is 17.9 Å². The average molecular weight is 634 g/mol. The number of unbranched alkanes of at least 4 members (excludes halogenated alkanes) is 11. The van der Waals surface area contributed by atoms with E-state index in [4.69, 9.17) is 9.47 Å². The SMILES string of the molecule is CCCCCc1ccc(/C(C=O)=C/c2ccc(OCCCCCCCCCCCCC(C)CC)nc2OC)c(OC(F)(F)F)c1. The van der Waals surface area contributed by atoms with E-state index in [1.807, 2.05) is 0 Å². The van der Waals surface area contributed by atoms with Crippen LogP contribution in [0.25, 0.3) is 11.6 Å². The zero-order valence-electron chi connectivity index (χ0n) is 27.9. The normalized spacial score (nSPS) is 12.6. The summed E-state index contributed by atoms with van der Waals surface area (Å²) in [5.74, 6) is 1.05. The summed E-state index contributed by atoms with van der Waals surface area (Å²) >= 11 is 0. The van der Waals surface area contributed by atoms with Gasteiger partial charge in [0.1, 0.15) is 5.75 Å². The number of aryl methyl sites for hydroxylation is 1. The van der Waals surface area contributed by atoms with Crippen LogP contribution in [0.3, 0.4) is 0 Å². The molecule has 0 spiro atoms. The molecule has 1 aromatic carbocycles. The second-order valence-corrected chi connectivity index (χ2v) is 12.0. The summed E-state index contributed by atoms with van der Waals surface area (Å²) in [5, 5.41) is 0. The van der Waals surface area contributed by atoms with Gasteiger partial charge >= 0.3 is 6.36 Å². The van der Waals surface area contributed by atoms with Gasteiger partial charge in [-0.05, 0) is 49.0 Å². The molecule has 0 bridgehead atoms. The first-order valence-corrected chi connectivity index (χ1v) is 16.9. The maximum atomic E-state index is 13.2. The number of benzene rings is 1.